The summed E-state index contributed by atoms with van der Waals surface area (Å²) in [5, 5.41) is 17.4. The summed E-state index contributed by atoms with van der Waals surface area (Å²) in [4.78, 5) is 24.4. The van der Waals surface area contributed by atoms with Crippen molar-refractivity contribution in [1.29, 1.82) is 0 Å². The Kier molecular flexibility index (Phi) is 5.49. The highest BCUT2D eigenvalue weighted by Crippen LogP contribution is 2.03. The van der Waals surface area contributed by atoms with Crippen LogP contribution >= 0.6 is 0 Å². The molecule has 0 bridgehead atoms. The van der Waals surface area contributed by atoms with Gasteiger partial charge in [0, 0.05) is 6.54 Å². The SMILES string of the molecule is NC[C@@H](CC[C@H](N)C(=O)O)O[N+](=O)[O-]. The molecular formula is C6H13N3O5. The monoisotopic (exact) mass is 207 g/mol. The zero-order chi connectivity index (χ0) is 11.1. The van der Waals surface area contributed by atoms with Crippen LogP contribution < -0.4 is 11.5 Å². The summed E-state index contributed by atoms with van der Waals surface area (Å²) in [6.07, 6.45) is -0.564. The Morgan fingerprint density at radius 1 is 1.57 bits per heavy atom. The van der Waals surface area contributed by atoms with Gasteiger partial charge in [0.1, 0.15) is 12.1 Å². The first-order valence-electron chi connectivity index (χ1n) is 3.97. The molecular weight excluding hydrogens is 194 g/mol. The quantitative estimate of drug-likeness (QED) is 0.348. The van der Waals surface area contributed by atoms with Gasteiger partial charge in [-0.1, -0.05) is 0 Å². The lowest BCUT2D eigenvalue weighted by molar-refractivity contribution is -0.768. The molecule has 8 nitrogen and oxygen atoms in total. The van der Waals surface area contributed by atoms with E-state index in [9.17, 15) is 14.9 Å². The number of carbonyl (C=O) groups is 1. The second-order valence-electron chi connectivity index (χ2n) is 2.71. The molecule has 0 aromatic carbocycles. The van der Waals surface area contributed by atoms with Crippen molar-refractivity contribution < 1.29 is 19.8 Å². The first-order chi connectivity index (χ1) is 6.47. The molecule has 0 aliphatic rings. The molecule has 0 aliphatic heterocycles. The van der Waals surface area contributed by atoms with Gasteiger partial charge in [-0.3, -0.25) is 4.79 Å². The van der Waals surface area contributed by atoms with E-state index in [1.165, 1.54) is 0 Å². The summed E-state index contributed by atoms with van der Waals surface area (Å²) >= 11 is 0. The van der Waals surface area contributed by atoms with Crippen molar-refractivity contribution in [3.8, 4) is 0 Å². The van der Waals surface area contributed by atoms with Crippen LogP contribution in [0.25, 0.3) is 0 Å². The lowest BCUT2D eigenvalue weighted by Gasteiger charge is -2.13. The van der Waals surface area contributed by atoms with E-state index in [2.05, 4.69) is 4.84 Å². The molecule has 5 N–H and O–H groups in total. The number of hydrogen-bond donors (Lipinski definition) is 3. The molecule has 0 aliphatic carbocycles. The van der Waals surface area contributed by atoms with Crippen molar-refractivity contribution in [3.05, 3.63) is 10.1 Å². The van der Waals surface area contributed by atoms with Gasteiger partial charge in [0.05, 0.1) is 0 Å². The van der Waals surface area contributed by atoms with Crippen LogP contribution in [-0.4, -0.2) is 34.9 Å². The van der Waals surface area contributed by atoms with E-state index in [1.54, 1.807) is 0 Å². The molecule has 0 amide bonds. The third-order valence-electron chi connectivity index (χ3n) is 1.61. The van der Waals surface area contributed by atoms with Crippen LogP contribution in [0.2, 0.25) is 0 Å². The standard InChI is InChI=1S/C6H13N3O5/c7-3-4(14-9(12)13)1-2-5(8)6(10)11/h4-5H,1-3,7-8H2,(H,10,11)/t4-,5+/m1/s1. The van der Waals surface area contributed by atoms with Gasteiger partial charge in [0.25, 0.3) is 5.09 Å². The number of hydrogen-bond acceptors (Lipinski definition) is 6. The maximum Gasteiger partial charge on any atom is 0.320 e. The summed E-state index contributed by atoms with van der Waals surface area (Å²) in [7, 11) is 0. The molecule has 0 aromatic rings. The highest BCUT2D eigenvalue weighted by Gasteiger charge is 2.16. The second kappa shape index (κ2) is 6.11. The Morgan fingerprint density at radius 2 is 2.14 bits per heavy atom. The van der Waals surface area contributed by atoms with Gasteiger partial charge in [0.15, 0.2) is 0 Å². The molecule has 0 rings (SSSR count). The fourth-order valence-electron chi connectivity index (χ4n) is 0.824. The number of nitrogens with two attached hydrogens (primary N) is 2. The van der Waals surface area contributed by atoms with Gasteiger partial charge in [-0.05, 0) is 12.8 Å². The highest BCUT2D eigenvalue weighted by molar-refractivity contribution is 5.72. The third kappa shape index (κ3) is 5.27. The first kappa shape index (κ1) is 12.6. The van der Waals surface area contributed by atoms with Crippen LogP contribution in [0.4, 0.5) is 0 Å². The normalized spacial score (nSPS) is 14.4. The van der Waals surface area contributed by atoms with Crippen molar-refractivity contribution in [3.63, 3.8) is 0 Å². The number of carboxylic acids is 1. The van der Waals surface area contributed by atoms with Crippen molar-refractivity contribution in [2.24, 2.45) is 11.5 Å². The summed E-state index contributed by atoms with van der Waals surface area (Å²) in [5.74, 6) is -1.15. The number of rotatable bonds is 7. The molecule has 0 saturated heterocycles. The lowest BCUT2D eigenvalue weighted by Crippen LogP contribution is -2.33. The predicted molar refractivity (Wildman–Crippen MR) is 45.8 cm³/mol. The highest BCUT2D eigenvalue weighted by atomic mass is 17.0. The fourth-order valence-corrected chi connectivity index (χ4v) is 0.824. The molecule has 8 heteroatoms. The largest absolute Gasteiger partial charge is 0.480 e. The molecule has 0 radical (unpaired) electrons. The minimum Gasteiger partial charge on any atom is -0.480 e. The van der Waals surface area contributed by atoms with Crippen LogP contribution in [0.3, 0.4) is 0 Å². The number of carboxylic acid groups (broad SMARTS) is 1. The molecule has 0 aromatic heterocycles. The van der Waals surface area contributed by atoms with Gasteiger partial charge in [-0.2, -0.15) is 0 Å². The van der Waals surface area contributed by atoms with Crippen molar-refractivity contribution >= 4 is 5.97 Å². The summed E-state index contributed by atoms with van der Waals surface area (Å²) in [6.45, 7) is -0.0483. The second-order valence-corrected chi connectivity index (χ2v) is 2.71. The maximum absolute atomic E-state index is 10.3. The molecule has 14 heavy (non-hydrogen) atoms. The Labute approximate surface area is 79.9 Å². The van der Waals surface area contributed by atoms with E-state index in [0.29, 0.717) is 0 Å². The first-order valence-corrected chi connectivity index (χ1v) is 3.97. The maximum atomic E-state index is 10.3. The molecule has 0 saturated carbocycles. The predicted octanol–water partition coefficient (Wildman–Crippen LogP) is -1.29. The van der Waals surface area contributed by atoms with Crippen LogP contribution in [0.15, 0.2) is 0 Å². The molecule has 82 valence electrons. The Morgan fingerprint density at radius 3 is 2.50 bits per heavy atom. The van der Waals surface area contributed by atoms with E-state index in [4.69, 9.17) is 16.6 Å². The van der Waals surface area contributed by atoms with Gasteiger partial charge < -0.3 is 21.4 Å². The Hall–Kier alpha value is -1.41. The number of nitrogens with zero attached hydrogens (tertiary/aromatic N) is 1. The summed E-state index contributed by atoms with van der Waals surface area (Å²) < 4.78 is 0. The van der Waals surface area contributed by atoms with Crippen molar-refractivity contribution in [2.75, 3.05) is 6.54 Å². The van der Waals surface area contributed by atoms with Crippen LogP contribution in [-0.2, 0) is 9.63 Å². The van der Waals surface area contributed by atoms with Crippen molar-refractivity contribution in [1.82, 2.24) is 0 Å². The van der Waals surface area contributed by atoms with Gasteiger partial charge in [-0.15, -0.1) is 10.1 Å². The Balaban J connectivity index is 3.83. The summed E-state index contributed by atoms with van der Waals surface area (Å²) in [6, 6.07) is -1.04. The molecule has 0 fully saturated rings. The van der Waals surface area contributed by atoms with E-state index < -0.39 is 23.2 Å². The average Bonchev–Trinajstić information content (AvgIpc) is 2.10. The molecule has 0 spiro atoms. The van der Waals surface area contributed by atoms with Crippen molar-refractivity contribution in [2.45, 2.75) is 25.0 Å². The van der Waals surface area contributed by atoms with E-state index in [-0.39, 0.29) is 19.4 Å². The van der Waals surface area contributed by atoms with E-state index >= 15 is 0 Å². The smallest absolute Gasteiger partial charge is 0.320 e. The molecule has 0 heterocycles. The Bertz CT molecular complexity index is 210. The van der Waals surface area contributed by atoms with Crippen LogP contribution in [0.5, 0.6) is 0 Å². The zero-order valence-electron chi connectivity index (χ0n) is 7.46. The van der Waals surface area contributed by atoms with Gasteiger partial charge >= 0.3 is 5.97 Å². The average molecular weight is 207 g/mol. The summed E-state index contributed by atoms with van der Waals surface area (Å²) in [5.41, 5.74) is 10.4. The van der Waals surface area contributed by atoms with E-state index in [1.807, 2.05) is 0 Å². The topological polar surface area (TPSA) is 142 Å². The zero-order valence-corrected chi connectivity index (χ0v) is 7.46. The molecule has 2 atom stereocenters. The van der Waals surface area contributed by atoms with Crippen LogP contribution in [0, 0.1) is 10.1 Å². The van der Waals surface area contributed by atoms with Gasteiger partial charge in [0.2, 0.25) is 0 Å². The molecule has 0 unspecified atom stereocenters. The lowest BCUT2D eigenvalue weighted by atomic mass is 10.1. The fraction of sp³-hybridized carbons (Fsp3) is 0.833. The minimum absolute atomic E-state index is 0.0483. The third-order valence-corrected chi connectivity index (χ3v) is 1.61. The van der Waals surface area contributed by atoms with Gasteiger partial charge in [-0.25, -0.2) is 0 Å². The van der Waals surface area contributed by atoms with E-state index in [0.717, 1.165) is 0 Å². The van der Waals surface area contributed by atoms with Crippen LogP contribution in [0.1, 0.15) is 12.8 Å². The minimum atomic E-state index is -1.15. The number of aliphatic carboxylic acids is 1.